The highest BCUT2D eigenvalue weighted by Gasteiger charge is 2.17. The molecular weight excluding hydrogens is 426 g/mol. The first-order chi connectivity index (χ1) is 15.1. The number of Topliss-reactive ketones (excluding diaryl/α,β-unsaturated/α-hetero) is 1. The summed E-state index contributed by atoms with van der Waals surface area (Å²) in [4.78, 5) is 25.8. The molecule has 0 saturated heterocycles. The summed E-state index contributed by atoms with van der Waals surface area (Å²) in [5, 5.41) is 3.05. The fraction of sp³-hybridized carbons (Fsp3) is 0.0800. The van der Waals surface area contributed by atoms with Crippen LogP contribution in [-0.2, 0) is 0 Å². The van der Waals surface area contributed by atoms with E-state index in [1.807, 2.05) is 79.7 Å². The number of para-hydroxylation sites is 1. The van der Waals surface area contributed by atoms with Crippen LogP contribution in [0.15, 0.2) is 78.0 Å². The Morgan fingerprint density at radius 2 is 1.74 bits per heavy atom. The maximum absolute atomic E-state index is 13.1. The van der Waals surface area contributed by atoms with Crippen molar-refractivity contribution in [3.63, 3.8) is 0 Å². The van der Waals surface area contributed by atoms with Gasteiger partial charge in [-0.3, -0.25) is 4.79 Å². The van der Waals surface area contributed by atoms with E-state index in [-0.39, 0.29) is 11.5 Å². The Morgan fingerprint density at radius 3 is 2.58 bits per heavy atom. The van der Waals surface area contributed by atoms with Gasteiger partial charge >= 0.3 is 0 Å². The van der Waals surface area contributed by atoms with Crippen molar-refractivity contribution in [1.82, 2.24) is 15.0 Å². The summed E-state index contributed by atoms with van der Waals surface area (Å²) in [7, 11) is 0. The zero-order valence-corrected chi connectivity index (χ0v) is 18.3. The molecule has 4 nitrogen and oxygen atoms in total. The van der Waals surface area contributed by atoms with Crippen molar-refractivity contribution in [2.24, 2.45) is 0 Å². The average Bonchev–Trinajstić information content (AvgIpc) is 3.13. The topological polar surface area (TPSA) is 58.6 Å². The lowest BCUT2D eigenvalue weighted by Gasteiger charge is -2.09. The van der Waals surface area contributed by atoms with E-state index in [0.717, 1.165) is 44.3 Å². The van der Waals surface area contributed by atoms with Crippen molar-refractivity contribution in [3.05, 3.63) is 89.1 Å². The van der Waals surface area contributed by atoms with E-state index in [0.29, 0.717) is 10.2 Å². The fourth-order valence-corrected chi connectivity index (χ4v) is 4.69. The monoisotopic (exact) mass is 443 g/mol. The Bertz CT molecular complexity index is 1430. The van der Waals surface area contributed by atoms with Crippen molar-refractivity contribution in [1.29, 1.82) is 0 Å². The van der Waals surface area contributed by atoms with Gasteiger partial charge in [0.05, 0.1) is 17.0 Å². The van der Waals surface area contributed by atoms with Gasteiger partial charge in [-0.05, 0) is 31.2 Å². The Kier molecular flexibility index (Phi) is 5.22. The number of aromatic amines is 1. The molecule has 2 aromatic heterocycles. The molecule has 0 atom stereocenters. The number of aromatic nitrogens is 3. The van der Waals surface area contributed by atoms with E-state index in [4.69, 9.17) is 16.6 Å². The molecule has 0 bridgehead atoms. The third-order valence-corrected chi connectivity index (χ3v) is 6.27. The van der Waals surface area contributed by atoms with Crippen LogP contribution in [0.2, 0.25) is 5.02 Å². The molecule has 152 valence electrons. The summed E-state index contributed by atoms with van der Waals surface area (Å²) in [6.07, 6.45) is 0. The van der Waals surface area contributed by atoms with E-state index < -0.39 is 0 Å². The predicted molar refractivity (Wildman–Crippen MR) is 128 cm³/mol. The molecule has 3 aromatic carbocycles. The summed E-state index contributed by atoms with van der Waals surface area (Å²) in [6.45, 7) is 1.93. The molecule has 0 spiro atoms. The third kappa shape index (κ3) is 3.82. The molecule has 0 saturated carbocycles. The SMILES string of the molecule is Cc1[nH]c2ccccc2c1C(=O)CSc1nc(-c2ccccc2)c2cc(Cl)ccc2n1. The molecule has 0 aliphatic rings. The number of fused-ring (bicyclic) bond motifs is 2. The summed E-state index contributed by atoms with van der Waals surface area (Å²) in [5.74, 6) is 0.316. The molecule has 0 unspecified atom stereocenters. The standard InChI is InChI=1S/C25H18ClN3OS/c1-15-23(18-9-5-6-10-20(18)27-15)22(30)14-31-25-28-21-12-11-17(26)13-19(21)24(29-25)16-7-3-2-4-8-16/h2-13,27H,14H2,1H3. The molecule has 5 aromatic rings. The first kappa shape index (κ1) is 19.8. The minimum Gasteiger partial charge on any atom is -0.358 e. The van der Waals surface area contributed by atoms with Gasteiger partial charge in [-0.15, -0.1) is 0 Å². The molecule has 1 N–H and O–H groups in total. The number of ketones is 1. The highest BCUT2D eigenvalue weighted by atomic mass is 35.5. The van der Waals surface area contributed by atoms with Crippen LogP contribution in [0, 0.1) is 6.92 Å². The number of rotatable bonds is 5. The van der Waals surface area contributed by atoms with Crippen LogP contribution < -0.4 is 0 Å². The number of aryl methyl sites for hydroxylation is 1. The zero-order valence-electron chi connectivity index (χ0n) is 16.7. The van der Waals surface area contributed by atoms with Crippen molar-refractivity contribution in [2.45, 2.75) is 12.1 Å². The number of carbonyl (C=O) groups excluding carboxylic acids is 1. The zero-order chi connectivity index (χ0) is 21.4. The second kappa shape index (κ2) is 8.17. The second-order valence-electron chi connectivity index (χ2n) is 7.26. The van der Waals surface area contributed by atoms with Gasteiger partial charge in [-0.1, -0.05) is 71.9 Å². The van der Waals surface area contributed by atoms with Crippen LogP contribution >= 0.6 is 23.4 Å². The lowest BCUT2D eigenvalue weighted by atomic mass is 10.1. The van der Waals surface area contributed by atoms with Crippen LogP contribution in [0.25, 0.3) is 33.1 Å². The summed E-state index contributed by atoms with van der Waals surface area (Å²) in [6, 6.07) is 23.4. The number of halogens is 1. The van der Waals surface area contributed by atoms with Gasteiger partial charge < -0.3 is 4.98 Å². The van der Waals surface area contributed by atoms with Gasteiger partial charge in [0.1, 0.15) is 0 Å². The lowest BCUT2D eigenvalue weighted by molar-refractivity contribution is 0.102. The van der Waals surface area contributed by atoms with Crippen molar-refractivity contribution < 1.29 is 4.79 Å². The van der Waals surface area contributed by atoms with Gasteiger partial charge in [0.25, 0.3) is 0 Å². The molecule has 0 radical (unpaired) electrons. The molecule has 5 rings (SSSR count). The van der Waals surface area contributed by atoms with Crippen LogP contribution in [0.4, 0.5) is 0 Å². The van der Waals surface area contributed by atoms with E-state index in [9.17, 15) is 4.79 Å². The molecule has 6 heteroatoms. The van der Waals surface area contributed by atoms with Gasteiger partial charge in [0, 0.05) is 38.1 Å². The average molecular weight is 444 g/mol. The maximum atomic E-state index is 13.1. The predicted octanol–water partition coefficient (Wildman–Crippen LogP) is 6.71. The largest absolute Gasteiger partial charge is 0.358 e. The van der Waals surface area contributed by atoms with Gasteiger partial charge in [0.15, 0.2) is 10.9 Å². The smallest absolute Gasteiger partial charge is 0.189 e. The number of thioether (sulfide) groups is 1. The molecule has 0 amide bonds. The van der Waals surface area contributed by atoms with Crippen LogP contribution in [-0.4, -0.2) is 26.5 Å². The molecule has 0 fully saturated rings. The second-order valence-corrected chi connectivity index (χ2v) is 8.64. The Labute approximate surface area is 188 Å². The Hall–Kier alpha value is -3.15. The van der Waals surface area contributed by atoms with Crippen molar-refractivity contribution in [2.75, 3.05) is 5.75 Å². The van der Waals surface area contributed by atoms with Gasteiger partial charge in [0.2, 0.25) is 0 Å². The maximum Gasteiger partial charge on any atom is 0.189 e. The lowest BCUT2D eigenvalue weighted by Crippen LogP contribution is -2.05. The van der Waals surface area contributed by atoms with Crippen molar-refractivity contribution >= 4 is 51.0 Å². The number of hydrogen-bond acceptors (Lipinski definition) is 4. The van der Waals surface area contributed by atoms with Crippen LogP contribution in [0.5, 0.6) is 0 Å². The summed E-state index contributed by atoms with van der Waals surface area (Å²) >= 11 is 7.59. The first-order valence-electron chi connectivity index (χ1n) is 9.86. The fourth-order valence-electron chi connectivity index (χ4n) is 3.80. The summed E-state index contributed by atoms with van der Waals surface area (Å²) in [5.41, 5.74) is 5.18. The Balaban J connectivity index is 1.50. The van der Waals surface area contributed by atoms with Crippen LogP contribution in [0.1, 0.15) is 16.1 Å². The van der Waals surface area contributed by atoms with Gasteiger partial charge in [-0.2, -0.15) is 0 Å². The van der Waals surface area contributed by atoms with E-state index >= 15 is 0 Å². The number of nitrogens with one attached hydrogen (secondary N) is 1. The highest BCUT2D eigenvalue weighted by molar-refractivity contribution is 7.99. The number of hydrogen-bond donors (Lipinski definition) is 1. The molecule has 31 heavy (non-hydrogen) atoms. The third-order valence-electron chi connectivity index (χ3n) is 5.19. The van der Waals surface area contributed by atoms with Crippen LogP contribution in [0.3, 0.4) is 0 Å². The molecule has 0 aliphatic heterocycles. The van der Waals surface area contributed by atoms with Gasteiger partial charge in [-0.25, -0.2) is 9.97 Å². The molecule has 2 heterocycles. The van der Waals surface area contributed by atoms with E-state index in [1.54, 1.807) is 0 Å². The van der Waals surface area contributed by atoms with E-state index in [1.165, 1.54) is 11.8 Å². The van der Waals surface area contributed by atoms with Crippen molar-refractivity contribution in [3.8, 4) is 11.3 Å². The normalized spacial score (nSPS) is 11.3. The minimum atomic E-state index is 0.0565. The highest BCUT2D eigenvalue weighted by Crippen LogP contribution is 2.31. The molecular formula is C25H18ClN3OS. The first-order valence-corrected chi connectivity index (χ1v) is 11.2. The number of carbonyl (C=O) groups is 1. The number of benzene rings is 3. The molecule has 0 aliphatic carbocycles. The van der Waals surface area contributed by atoms with E-state index in [2.05, 4.69) is 9.97 Å². The number of H-pyrrole nitrogens is 1. The number of nitrogens with zero attached hydrogens (tertiary/aromatic N) is 2. The minimum absolute atomic E-state index is 0.0565. The summed E-state index contributed by atoms with van der Waals surface area (Å²) < 4.78 is 0. The Morgan fingerprint density at radius 1 is 0.968 bits per heavy atom. The quantitative estimate of drug-likeness (QED) is 0.186.